The summed E-state index contributed by atoms with van der Waals surface area (Å²) in [5.74, 6) is 0.564. The van der Waals surface area contributed by atoms with E-state index in [0.717, 1.165) is 53.9 Å². The first-order chi connectivity index (χ1) is 17.8. The van der Waals surface area contributed by atoms with E-state index in [0.29, 0.717) is 17.4 Å². The van der Waals surface area contributed by atoms with Crippen molar-refractivity contribution < 1.29 is 9.18 Å². The first-order valence-electron chi connectivity index (χ1n) is 13.2. The fraction of sp³-hybridized carbons (Fsp3) is 0.333. The Balaban J connectivity index is 1.47. The number of aliphatic imine (C=N–C) groups is 1. The van der Waals surface area contributed by atoms with Gasteiger partial charge in [0, 0.05) is 30.3 Å². The second kappa shape index (κ2) is 11.7. The molecule has 0 radical (unpaired) electrons. The van der Waals surface area contributed by atoms with Crippen molar-refractivity contribution in [1.82, 2.24) is 4.90 Å². The molecule has 1 aliphatic rings. The standard InChI is InChI=1S/C33H37FN2O/c1-6-29(26-11-9-12-28(34)21-26)30-15-14-27(20-24(30)5)33(37)36-18-16-25(17-19-36)32(22(2)3)35-31-13-8-7-10-23(31)4/h6-15,20-22,25H,16-19H2,1-5H3/b29-6-,35-32?. The fourth-order valence-corrected chi connectivity index (χ4v) is 5.31. The van der Waals surface area contributed by atoms with Gasteiger partial charge in [-0.3, -0.25) is 9.79 Å². The number of likely N-dealkylation sites (tertiary alicyclic amines) is 1. The Hall–Kier alpha value is -3.53. The van der Waals surface area contributed by atoms with E-state index in [1.807, 2.05) is 61.2 Å². The fourth-order valence-electron chi connectivity index (χ4n) is 5.31. The van der Waals surface area contributed by atoms with Gasteiger partial charge < -0.3 is 4.90 Å². The van der Waals surface area contributed by atoms with Crippen molar-refractivity contribution in [2.24, 2.45) is 16.8 Å². The van der Waals surface area contributed by atoms with Gasteiger partial charge in [0.2, 0.25) is 0 Å². The molecule has 1 aliphatic heterocycles. The number of para-hydroxylation sites is 1. The highest BCUT2D eigenvalue weighted by Crippen LogP contribution is 2.30. The van der Waals surface area contributed by atoms with Crippen LogP contribution in [0.5, 0.6) is 0 Å². The van der Waals surface area contributed by atoms with Crippen LogP contribution in [0, 0.1) is 31.5 Å². The van der Waals surface area contributed by atoms with Crippen molar-refractivity contribution in [3.63, 3.8) is 0 Å². The molecule has 4 rings (SSSR count). The number of benzene rings is 3. The third-order valence-electron chi connectivity index (χ3n) is 7.34. The van der Waals surface area contributed by atoms with E-state index in [2.05, 4.69) is 32.9 Å². The molecule has 0 atom stereocenters. The molecule has 0 bridgehead atoms. The van der Waals surface area contributed by atoms with Crippen molar-refractivity contribution in [2.45, 2.75) is 47.5 Å². The van der Waals surface area contributed by atoms with E-state index in [1.165, 1.54) is 17.3 Å². The van der Waals surface area contributed by atoms with Crippen molar-refractivity contribution in [1.29, 1.82) is 0 Å². The number of halogens is 1. The lowest BCUT2D eigenvalue weighted by Crippen LogP contribution is -2.41. The van der Waals surface area contributed by atoms with Gasteiger partial charge in [-0.25, -0.2) is 4.39 Å². The summed E-state index contributed by atoms with van der Waals surface area (Å²) in [6.45, 7) is 11.9. The molecule has 192 valence electrons. The third kappa shape index (κ3) is 6.07. The molecule has 0 spiro atoms. The minimum absolute atomic E-state index is 0.0721. The third-order valence-corrected chi connectivity index (χ3v) is 7.34. The monoisotopic (exact) mass is 496 g/mol. The molecular weight excluding hydrogens is 459 g/mol. The lowest BCUT2D eigenvalue weighted by molar-refractivity contribution is 0.0709. The zero-order valence-electron chi connectivity index (χ0n) is 22.6. The Morgan fingerprint density at radius 2 is 1.68 bits per heavy atom. The van der Waals surface area contributed by atoms with Crippen molar-refractivity contribution in [2.75, 3.05) is 13.1 Å². The van der Waals surface area contributed by atoms with Crippen molar-refractivity contribution >= 4 is 22.9 Å². The number of carbonyl (C=O) groups is 1. The van der Waals surface area contributed by atoms with Gasteiger partial charge in [0.05, 0.1) is 5.69 Å². The number of hydrogen-bond acceptors (Lipinski definition) is 2. The lowest BCUT2D eigenvalue weighted by Gasteiger charge is -2.34. The summed E-state index contributed by atoms with van der Waals surface area (Å²) in [4.78, 5) is 20.4. The molecule has 3 nitrogen and oxygen atoms in total. The Morgan fingerprint density at radius 1 is 0.946 bits per heavy atom. The first kappa shape index (κ1) is 26.5. The zero-order chi connectivity index (χ0) is 26.5. The highest BCUT2D eigenvalue weighted by Gasteiger charge is 2.28. The molecule has 4 heteroatoms. The molecule has 1 amide bonds. The number of piperidine rings is 1. The summed E-state index contributed by atoms with van der Waals surface area (Å²) in [6.07, 6.45) is 3.84. The van der Waals surface area contributed by atoms with Crippen LogP contribution in [0.3, 0.4) is 0 Å². The van der Waals surface area contributed by atoms with Gasteiger partial charge in [0.1, 0.15) is 5.82 Å². The van der Waals surface area contributed by atoms with Gasteiger partial charge >= 0.3 is 0 Å². The van der Waals surface area contributed by atoms with Crippen LogP contribution in [-0.2, 0) is 0 Å². The van der Waals surface area contributed by atoms with Gasteiger partial charge in [-0.1, -0.05) is 56.3 Å². The summed E-state index contributed by atoms with van der Waals surface area (Å²) in [7, 11) is 0. The maximum absolute atomic E-state index is 13.8. The maximum atomic E-state index is 13.8. The number of aryl methyl sites for hydroxylation is 2. The minimum Gasteiger partial charge on any atom is -0.339 e. The largest absolute Gasteiger partial charge is 0.339 e. The van der Waals surface area contributed by atoms with Crippen LogP contribution in [0.4, 0.5) is 10.1 Å². The summed E-state index contributed by atoms with van der Waals surface area (Å²) >= 11 is 0. The summed E-state index contributed by atoms with van der Waals surface area (Å²) in [6, 6.07) is 20.7. The first-order valence-corrected chi connectivity index (χ1v) is 13.2. The van der Waals surface area contributed by atoms with E-state index < -0.39 is 0 Å². The zero-order valence-corrected chi connectivity index (χ0v) is 22.6. The van der Waals surface area contributed by atoms with Gasteiger partial charge in [-0.2, -0.15) is 0 Å². The van der Waals surface area contributed by atoms with E-state index in [1.54, 1.807) is 12.1 Å². The Morgan fingerprint density at radius 3 is 2.30 bits per heavy atom. The van der Waals surface area contributed by atoms with Gasteiger partial charge in [0.15, 0.2) is 0 Å². The molecule has 1 fully saturated rings. The Bertz CT molecular complexity index is 1330. The predicted octanol–water partition coefficient (Wildman–Crippen LogP) is 8.18. The van der Waals surface area contributed by atoms with E-state index in [-0.39, 0.29) is 11.7 Å². The summed E-state index contributed by atoms with van der Waals surface area (Å²) in [5.41, 5.74) is 7.98. The smallest absolute Gasteiger partial charge is 0.253 e. The quantitative estimate of drug-likeness (QED) is 0.317. The summed E-state index contributed by atoms with van der Waals surface area (Å²) < 4.78 is 13.8. The summed E-state index contributed by atoms with van der Waals surface area (Å²) in [5, 5.41) is 0. The van der Waals surface area contributed by atoms with E-state index >= 15 is 0 Å². The second-order valence-electron chi connectivity index (χ2n) is 10.3. The lowest BCUT2D eigenvalue weighted by atomic mass is 9.86. The molecule has 0 unspecified atom stereocenters. The van der Waals surface area contributed by atoms with Gasteiger partial charge in [-0.05, 0) is 97.7 Å². The van der Waals surface area contributed by atoms with Crippen LogP contribution in [0.1, 0.15) is 66.2 Å². The molecule has 1 heterocycles. The molecule has 0 aliphatic carbocycles. The minimum atomic E-state index is -0.255. The highest BCUT2D eigenvalue weighted by molar-refractivity contribution is 5.96. The van der Waals surface area contributed by atoms with Crippen LogP contribution in [-0.4, -0.2) is 29.6 Å². The SMILES string of the molecule is C/C=C(/c1cccc(F)c1)c1ccc(C(=O)N2CCC(C(=Nc3ccccc3C)C(C)C)CC2)cc1C. The number of allylic oxidation sites excluding steroid dienone is 1. The molecule has 0 aromatic heterocycles. The number of rotatable bonds is 6. The molecule has 1 saturated heterocycles. The van der Waals surface area contributed by atoms with Crippen LogP contribution < -0.4 is 0 Å². The van der Waals surface area contributed by atoms with Crippen molar-refractivity contribution in [3.8, 4) is 0 Å². The molecule has 3 aromatic carbocycles. The maximum Gasteiger partial charge on any atom is 0.253 e. The average molecular weight is 497 g/mol. The van der Waals surface area contributed by atoms with Crippen molar-refractivity contribution in [3.05, 3.63) is 106 Å². The van der Waals surface area contributed by atoms with Gasteiger partial charge in [-0.15, -0.1) is 0 Å². The van der Waals surface area contributed by atoms with Crippen LogP contribution in [0.2, 0.25) is 0 Å². The normalized spacial score (nSPS) is 15.4. The molecule has 0 saturated carbocycles. The topological polar surface area (TPSA) is 32.7 Å². The molecule has 37 heavy (non-hydrogen) atoms. The Labute approximate surface area is 220 Å². The van der Waals surface area contributed by atoms with Crippen LogP contribution >= 0.6 is 0 Å². The molecule has 0 N–H and O–H groups in total. The number of amides is 1. The highest BCUT2D eigenvalue weighted by atomic mass is 19.1. The number of nitrogens with zero attached hydrogens (tertiary/aromatic N) is 2. The number of hydrogen-bond donors (Lipinski definition) is 0. The predicted molar refractivity (Wildman–Crippen MR) is 152 cm³/mol. The van der Waals surface area contributed by atoms with Crippen LogP contribution in [0.25, 0.3) is 5.57 Å². The number of carbonyl (C=O) groups excluding carboxylic acids is 1. The van der Waals surface area contributed by atoms with E-state index in [9.17, 15) is 9.18 Å². The van der Waals surface area contributed by atoms with Crippen LogP contribution in [0.15, 0.2) is 77.8 Å². The molecular formula is C33H37FN2O. The van der Waals surface area contributed by atoms with E-state index in [4.69, 9.17) is 4.99 Å². The molecule has 3 aromatic rings. The average Bonchev–Trinajstić information content (AvgIpc) is 2.89. The van der Waals surface area contributed by atoms with Gasteiger partial charge in [0.25, 0.3) is 5.91 Å². The second-order valence-corrected chi connectivity index (χ2v) is 10.3. The Kier molecular flexibility index (Phi) is 8.38.